The van der Waals surface area contributed by atoms with Crippen molar-refractivity contribution in [1.29, 1.82) is 0 Å². The molecule has 0 bridgehead atoms. The molecule has 3 aliphatic rings. The zero-order chi connectivity index (χ0) is 19.5. The lowest BCUT2D eigenvalue weighted by atomic mass is 10.0. The molecule has 28 heavy (non-hydrogen) atoms. The van der Waals surface area contributed by atoms with Gasteiger partial charge < -0.3 is 15.5 Å². The summed E-state index contributed by atoms with van der Waals surface area (Å²) in [6.45, 7) is 4.04. The number of nitrogens with zero attached hydrogens (tertiary/aromatic N) is 1. The second-order valence-electron chi connectivity index (χ2n) is 7.59. The fraction of sp³-hybridized carbons (Fsp3) is 0.476. The van der Waals surface area contributed by atoms with Crippen LogP contribution < -0.4 is 16.0 Å². The highest BCUT2D eigenvalue weighted by Gasteiger charge is 2.39. The minimum absolute atomic E-state index is 0.119. The monoisotopic (exact) mass is 382 g/mol. The van der Waals surface area contributed by atoms with Gasteiger partial charge in [-0.25, -0.2) is 0 Å². The molecular formula is C21H26N4O3. The molecule has 3 N–H and O–H groups in total. The predicted molar refractivity (Wildman–Crippen MR) is 104 cm³/mol. The van der Waals surface area contributed by atoms with Crippen LogP contribution in [0.15, 0.2) is 29.8 Å². The summed E-state index contributed by atoms with van der Waals surface area (Å²) < 4.78 is 0. The van der Waals surface area contributed by atoms with E-state index in [1.165, 1.54) is 5.57 Å². The Labute approximate surface area is 164 Å². The Morgan fingerprint density at radius 2 is 2.07 bits per heavy atom. The van der Waals surface area contributed by atoms with Crippen LogP contribution in [0.3, 0.4) is 0 Å². The topological polar surface area (TPSA) is 90.5 Å². The van der Waals surface area contributed by atoms with Crippen LogP contribution in [0.25, 0.3) is 0 Å². The average molecular weight is 382 g/mol. The van der Waals surface area contributed by atoms with Gasteiger partial charge in [0.25, 0.3) is 5.91 Å². The lowest BCUT2D eigenvalue weighted by Crippen LogP contribution is -2.52. The maximum Gasteiger partial charge on any atom is 0.255 e. The van der Waals surface area contributed by atoms with Crippen molar-refractivity contribution in [3.63, 3.8) is 0 Å². The van der Waals surface area contributed by atoms with Crippen LogP contribution in [-0.2, 0) is 22.7 Å². The summed E-state index contributed by atoms with van der Waals surface area (Å²) in [4.78, 5) is 38.0. The van der Waals surface area contributed by atoms with Gasteiger partial charge in [-0.15, -0.1) is 0 Å². The first-order valence-electron chi connectivity index (χ1n) is 9.98. The van der Waals surface area contributed by atoms with Gasteiger partial charge in [-0.05, 0) is 49.5 Å². The molecule has 0 saturated carbocycles. The number of fused-ring (bicyclic) bond motifs is 1. The SMILES string of the molecule is O=C1CCC(N2Cc3c(CNCCC4=CCNCC4)cccc3C2=O)C(=O)N1. The third-order valence-corrected chi connectivity index (χ3v) is 5.78. The van der Waals surface area contributed by atoms with E-state index >= 15 is 0 Å². The van der Waals surface area contributed by atoms with E-state index in [9.17, 15) is 14.4 Å². The third kappa shape index (κ3) is 3.86. The van der Waals surface area contributed by atoms with Crippen LogP contribution in [0.1, 0.15) is 47.2 Å². The Morgan fingerprint density at radius 1 is 1.18 bits per heavy atom. The third-order valence-electron chi connectivity index (χ3n) is 5.78. The molecule has 1 unspecified atom stereocenters. The van der Waals surface area contributed by atoms with Crippen molar-refractivity contribution in [2.45, 2.75) is 44.8 Å². The molecule has 1 fully saturated rings. The minimum Gasteiger partial charge on any atom is -0.322 e. The highest BCUT2D eigenvalue weighted by molar-refractivity contribution is 6.05. The molecule has 4 rings (SSSR count). The Kier molecular flexibility index (Phi) is 5.54. The first kappa shape index (κ1) is 18.8. The predicted octanol–water partition coefficient (Wildman–Crippen LogP) is 0.847. The number of nitrogens with one attached hydrogen (secondary N) is 3. The van der Waals surface area contributed by atoms with Crippen molar-refractivity contribution < 1.29 is 14.4 Å². The first-order chi connectivity index (χ1) is 13.6. The molecule has 3 heterocycles. The highest BCUT2D eigenvalue weighted by atomic mass is 16.2. The molecule has 1 saturated heterocycles. The standard InChI is InChI=1S/C21H26N4O3/c26-19-5-4-18(20(27)24-19)25-13-17-15(2-1-3-16(17)21(25)28)12-23-11-8-14-6-9-22-10-7-14/h1-3,6,18,22-23H,4-5,7-13H2,(H,24,26,27). The molecular weight excluding hydrogens is 356 g/mol. The Balaban J connectivity index is 1.39. The number of amides is 3. The molecule has 0 spiro atoms. The van der Waals surface area contributed by atoms with Crippen molar-refractivity contribution in [1.82, 2.24) is 20.9 Å². The summed E-state index contributed by atoms with van der Waals surface area (Å²) in [5.41, 5.74) is 4.25. The van der Waals surface area contributed by atoms with Crippen LogP contribution in [0.4, 0.5) is 0 Å². The normalized spacial score (nSPS) is 22.1. The van der Waals surface area contributed by atoms with Gasteiger partial charge in [0.15, 0.2) is 0 Å². The van der Waals surface area contributed by atoms with E-state index in [-0.39, 0.29) is 24.1 Å². The van der Waals surface area contributed by atoms with Crippen molar-refractivity contribution in [2.24, 2.45) is 0 Å². The molecule has 0 radical (unpaired) electrons. The summed E-state index contributed by atoms with van der Waals surface area (Å²) in [7, 11) is 0. The summed E-state index contributed by atoms with van der Waals surface area (Å²) in [6.07, 6.45) is 5.08. The van der Waals surface area contributed by atoms with E-state index in [4.69, 9.17) is 0 Å². The summed E-state index contributed by atoms with van der Waals surface area (Å²) in [5.74, 6) is -0.752. The van der Waals surface area contributed by atoms with Gasteiger partial charge in [0.2, 0.25) is 11.8 Å². The zero-order valence-electron chi connectivity index (χ0n) is 15.9. The number of carbonyl (C=O) groups excluding carboxylic acids is 3. The van der Waals surface area contributed by atoms with Crippen molar-refractivity contribution >= 4 is 17.7 Å². The number of imide groups is 1. The number of carbonyl (C=O) groups is 3. The van der Waals surface area contributed by atoms with Crippen molar-refractivity contribution in [3.8, 4) is 0 Å². The fourth-order valence-corrected chi connectivity index (χ4v) is 4.18. The van der Waals surface area contributed by atoms with Gasteiger partial charge in [-0.1, -0.05) is 23.8 Å². The van der Waals surface area contributed by atoms with Gasteiger partial charge in [0.1, 0.15) is 6.04 Å². The van der Waals surface area contributed by atoms with E-state index in [1.54, 1.807) is 4.90 Å². The lowest BCUT2D eigenvalue weighted by molar-refractivity contribution is -0.136. The average Bonchev–Trinajstić information content (AvgIpc) is 3.03. The van der Waals surface area contributed by atoms with Crippen LogP contribution in [-0.4, -0.2) is 48.3 Å². The highest BCUT2D eigenvalue weighted by Crippen LogP contribution is 2.29. The number of rotatable bonds is 6. The Hall–Kier alpha value is -2.51. The van der Waals surface area contributed by atoms with Crippen LogP contribution in [0.2, 0.25) is 0 Å². The second kappa shape index (κ2) is 8.24. The molecule has 7 nitrogen and oxygen atoms in total. The maximum absolute atomic E-state index is 12.8. The van der Waals surface area contributed by atoms with Crippen molar-refractivity contribution in [2.75, 3.05) is 19.6 Å². The summed E-state index contributed by atoms with van der Waals surface area (Å²) in [6, 6.07) is 5.20. The van der Waals surface area contributed by atoms with E-state index in [2.05, 4.69) is 22.0 Å². The van der Waals surface area contributed by atoms with Crippen LogP contribution >= 0.6 is 0 Å². The van der Waals surface area contributed by atoms with Crippen LogP contribution in [0, 0.1) is 0 Å². The van der Waals surface area contributed by atoms with E-state index < -0.39 is 6.04 Å². The quantitative estimate of drug-likeness (QED) is 0.385. The Morgan fingerprint density at radius 3 is 2.86 bits per heavy atom. The molecule has 1 aromatic carbocycles. The number of benzene rings is 1. The van der Waals surface area contributed by atoms with Gasteiger partial charge in [0, 0.05) is 31.6 Å². The van der Waals surface area contributed by atoms with Gasteiger partial charge >= 0.3 is 0 Å². The largest absolute Gasteiger partial charge is 0.322 e. The van der Waals surface area contributed by atoms with Gasteiger partial charge in [0.05, 0.1) is 0 Å². The van der Waals surface area contributed by atoms with E-state index in [0.717, 1.165) is 43.6 Å². The molecule has 7 heteroatoms. The number of piperidine rings is 1. The molecule has 3 aliphatic heterocycles. The molecule has 148 valence electrons. The Bertz CT molecular complexity index is 833. The molecule has 3 amide bonds. The number of hydrogen-bond donors (Lipinski definition) is 3. The molecule has 1 atom stereocenters. The van der Waals surface area contributed by atoms with E-state index in [0.29, 0.717) is 25.1 Å². The summed E-state index contributed by atoms with van der Waals surface area (Å²) in [5, 5.41) is 9.15. The maximum atomic E-state index is 12.8. The van der Waals surface area contributed by atoms with Crippen molar-refractivity contribution in [3.05, 3.63) is 46.5 Å². The first-order valence-corrected chi connectivity index (χ1v) is 9.98. The fourth-order valence-electron chi connectivity index (χ4n) is 4.18. The smallest absolute Gasteiger partial charge is 0.255 e. The second-order valence-corrected chi connectivity index (χ2v) is 7.59. The zero-order valence-corrected chi connectivity index (χ0v) is 15.9. The minimum atomic E-state index is -0.565. The van der Waals surface area contributed by atoms with E-state index in [1.807, 2.05) is 18.2 Å². The van der Waals surface area contributed by atoms with Gasteiger partial charge in [-0.2, -0.15) is 0 Å². The molecule has 0 aliphatic carbocycles. The molecule has 0 aromatic heterocycles. The van der Waals surface area contributed by atoms with Crippen LogP contribution in [0.5, 0.6) is 0 Å². The molecule has 1 aromatic rings. The summed E-state index contributed by atoms with van der Waals surface area (Å²) >= 11 is 0. The number of hydrogen-bond acceptors (Lipinski definition) is 5. The lowest BCUT2D eigenvalue weighted by Gasteiger charge is -2.29. The van der Waals surface area contributed by atoms with Gasteiger partial charge in [-0.3, -0.25) is 19.7 Å².